The molecule has 3 aromatic rings. The highest BCUT2D eigenvalue weighted by molar-refractivity contribution is 5.46. The minimum atomic E-state index is 0.301. The number of ether oxygens (including phenoxy) is 2. The van der Waals surface area contributed by atoms with Crippen LogP contribution >= 0.6 is 0 Å². The number of para-hydroxylation sites is 1. The quantitative estimate of drug-likeness (QED) is 0.789. The third kappa shape index (κ3) is 3.27. The van der Waals surface area contributed by atoms with Gasteiger partial charge in [-0.05, 0) is 36.4 Å². The molecule has 5 nitrogen and oxygen atoms in total. The Morgan fingerprint density at radius 3 is 2.05 bits per heavy atom. The summed E-state index contributed by atoms with van der Waals surface area (Å²) in [6, 6.07) is 16.8. The number of aromatic nitrogens is 2. The van der Waals surface area contributed by atoms with Gasteiger partial charge in [-0.1, -0.05) is 18.2 Å². The second kappa shape index (κ2) is 5.92. The summed E-state index contributed by atoms with van der Waals surface area (Å²) in [4.78, 5) is 7.74. The van der Waals surface area contributed by atoms with Gasteiger partial charge in [0.1, 0.15) is 23.6 Å². The van der Waals surface area contributed by atoms with Crippen molar-refractivity contribution in [3.8, 4) is 23.0 Å². The normalized spacial score (nSPS) is 10.1. The maximum Gasteiger partial charge on any atom is 0.187 e. The van der Waals surface area contributed by atoms with E-state index in [0.717, 1.165) is 11.5 Å². The highest BCUT2D eigenvalue weighted by atomic mass is 16.5. The molecule has 0 amide bonds. The fraction of sp³-hybridized carbons (Fsp3) is 0. The van der Waals surface area contributed by atoms with E-state index in [1.165, 1.54) is 12.5 Å². The lowest BCUT2D eigenvalue weighted by atomic mass is 10.3. The van der Waals surface area contributed by atoms with Crippen LogP contribution in [0.3, 0.4) is 0 Å². The van der Waals surface area contributed by atoms with Crippen molar-refractivity contribution >= 4 is 5.82 Å². The van der Waals surface area contributed by atoms with Gasteiger partial charge < -0.3 is 15.2 Å². The largest absolute Gasteiger partial charge is 0.457 e. The number of benzene rings is 2. The van der Waals surface area contributed by atoms with Crippen LogP contribution in [0.1, 0.15) is 0 Å². The van der Waals surface area contributed by atoms with Crippen molar-refractivity contribution in [3.05, 3.63) is 67.1 Å². The number of nitrogens with zero attached hydrogens (tertiary/aromatic N) is 2. The van der Waals surface area contributed by atoms with Crippen molar-refractivity contribution in [2.75, 3.05) is 5.73 Å². The first kappa shape index (κ1) is 12.9. The average molecular weight is 279 g/mol. The van der Waals surface area contributed by atoms with E-state index in [-0.39, 0.29) is 0 Å². The minimum Gasteiger partial charge on any atom is -0.457 e. The van der Waals surface area contributed by atoms with Crippen molar-refractivity contribution in [2.24, 2.45) is 0 Å². The van der Waals surface area contributed by atoms with Crippen LogP contribution in [0.25, 0.3) is 0 Å². The first-order chi connectivity index (χ1) is 10.3. The van der Waals surface area contributed by atoms with Crippen molar-refractivity contribution in [1.29, 1.82) is 0 Å². The number of hydrogen-bond donors (Lipinski definition) is 1. The van der Waals surface area contributed by atoms with Crippen molar-refractivity contribution in [3.63, 3.8) is 0 Å². The molecule has 104 valence electrons. The maximum absolute atomic E-state index is 5.70. The SMILES string of the molecule is Nc1ncncc1Oc1ccc(Oc2ccccc2)cc1. The van der Waals surface area contributed by atoms with Gasteiger partial charge >= 0.3 is 0 Å². The Kier molecular flexibility index (Phi) is 3.64. The third-order valence-electron chi connectivity index (χ3n) is 2.74. The summed E-state index contributed by atoms with van der Waals surface area (Å²) in [7, 11) is 0. The van der Waals surface area contributed by atoms with E-state index >= 15 is 0 Å². The molecule has 0 aliphatic heterocycles. The lowest BCUT2D eigenvalue weighted by Crippen LogP contribution is -1.95. The van der Waals surface area contributed by atoms with Crippen LogP contribution < -0.4 is 15.2 Å². The van der Waals surface area contributed by atoms with Crippen molar-refractivity contribution in [1.82, 2.24) is 9.97 Å². The van der Waals surface area contributed by atoms with Crippen LogP contribution in [0, 0.1) is 0 Å². The molecule has 2 N–H and O–H groups in total. The van der Waals surface area contributed by atoms with E-state index < -0.39 is 0 Å². The smallest absolute Gasteiger partial charge is 0.187 e. The highest BCUT2D eigenvalue weighted by Gasteiger charge is 2.03. The van der Waals surface area contributed by atoms with E-state index in [1.807, 2.05) is 42.5 Å². The molecular formula is C16H13N3O2. The summed E-state index contributed by atoms with van der Waals surface area (Å²) in [5.74, 6) is 2.87. The van der Waals surface area contributed by atoms with Gasteiger partial charge in [-0.2, -0.15) is 0 Å². The van der Waals surface area contributed by atoms with Gasteiger partial charge in [0.2, 0.25) is 0 Å². The maximum atomic E-state index is 5.70. The molecule has 3 rings (SSSR count). The summed E-state index contributed by atoms with van der Waals surface area (Å²) >= 11 is 0. The van der Waals surface area contributed by atoms with Gasteiger partial charge in [-0.3, -0.25) is 0 Å². The van der Waals surface area contributed by atoms with Gasteiger partial charge in [0, 0.05) is 0 Å². The molecule has 0 saturated heterocycles. The highest BCUT2D eigenvalue weighted by Crippen LogP contribution is 2.28. The molecule has 0 unspecified atom stereocenters. The molecule has 0 atom stereocenters. The third-order valence-corrected chi connectivity index (χ3v) is 2.74. The van der Waals surface area contributed by atoms with E-state index in [0.29, 0.717) is 17.3 Å². The zero-order valence-corrected chi connectivity index (χ0v) is 11.1. The molecule has 0 aliphatic rings. The molecule has 0 radical (unpaired) electrons. The summed E-state index contributed by atoms with van der Waals surface area (Å²) < 4.78 is 11.3. The number of anilines is 1. The number of rotatable bonds is 4. The minimum absolute atomic E-state index is 0.301. The van der Waals surface area contributed by atoms with Gasteiger partial charge in [0.15, 0.2) is 11.6 Å². The lowest BCUT2D eigenvalue weighted by Gasteiger charge is -2.08. The second-order valence-corrected chi connectivity index (χ2v) is 4.26. The Labute approximate surface area is 122 Å². The van der Waals surface area contributed by atoms with Crippen LogP contribution in [0.4, 0.5) is 5.82 Å². The lowest BCUT2D eigenvalue weighted by molar-refractivity contribution is 0.468. The first-order valence-corrected chi connectivity index (χ1v) is 6.37. The Morgan fingerprint density at radius 2 is 1.38 bits per heavy atom. The molecule has 0 bridgehead atoms. The Morgan fingerprint density at radius 1 is 0.762 bits per heavy atom. The van der Waals surface area contributed by atoms with Crippen LogP contribution in [0.15, 0.2) is 67.1 Å². The molecular weight excluding hydrogens is 266 g/mol. The summed E-state index contributed by atoms with van der Waals surface area (Å²) in [5.41, 5.74) is 5.70. The van der Waals surface area contributed by atoms with Gasteiger partial charge in [-0.25, -0.2) is 9.97 Å². The van der Waals surface area contributed by atoms with Gasteiger partial charge in [0.25, 0.3) is 0 Å². The molecule has 1 aromatic heterocycles. The second-order valence-electron chi connectivity index (χ2n) is 4.26. The Hall–Kier alpha value is -3.08. The molecule has 0 saturated carbocycles. The molecule has 0 fully saturated rings. The first-order valence-electron chi connectivity index (χ1n) is 6.37. The fourth-order valence-electron chi connectivity index (χ4n) is 1.73. The standard InChI is InChI=1S/C16H13N3O2/c17-16-15(10-18-11-19-16)21-14-8-6-13(7-9-14)20-12-4-2-1-3-5-12/h1-11H,(H2,17,18,19). The van der Waals surface area contributed by atoms with E-state index in [4.69, 9.17) is 15.2 Å². The van der Waals surface area contributed by atoms with Crippen LogP contribution in [0.2, 0.25) is 0 Å². The Bertz CT molecular complexity index is 715. The number of nitrogen functional groups attached to an aromatic ring is 1. The zero-order chi connectivity index (χ0) is 14.5. The molecule has 1 heterocycles. The van der Waals surface area contributed by atoms with E-state index in [9.17, 15) is 0 Å². The molecule has 0 spiro atoms. The van der Waals surface area contributed by atoms with Crippen LogP contribution in [-0.2, 0) is 0 Å². The van der Waals surface area contributed by atoms with E-state index in [1.54, 1.807) is 12.1 Å². The predicted molar refractivity (Wildman–Crippen MR) is 79.5 cm³/mol. The van der Waals surface area contributed by atoms with Crippen LogP contribution in [-0.4, -0.2) is 9.97 Å². The Balaban J connectivity index is 1.71. The number of nitrogens with two attached hydrogens (primary N) is 1. The molecule has 21 heavy (non-hydrogen) atoms. The summed E-state index contributed by atoms with van der Waals surface area (Å²) in [5, 5.41) is 0. The topological polar surface area (TPSA) is 70.3 Å². The summed E-state index contributed by atoms with van der Waals surface area (Å²) in [6.07, 6.45) is 2.90. The summed E-state index contributed by atoms with van der Waals surface area (Å²) in [6.45, 7) is 0. The molecule has 0 aliphatic carbocycles. The fourth-order valence-corrected chi connectivity index (χ4v) is 1.73. The van der Waals surface area contributed by atoms with Crippen molar-refractivity contribution in [2.45, 2.75) is 0 Å². The van der Waals surface area contributed by atoms with Crippen LogP contribution in [0.5, 0.6) is 23.0 Å². The average Bonchev–Trinajstić information content (AvgIpc) is 2.52. The monoisotopic (exact) mass is 279 g/mol. The molecule has 2 aromatic carbocycles. The van der Waals surface area contributed by atoms with Gasteiger partial charge in [0.05, 0.1) is 6.20 Å². The number of hydrogen-bond acceptors (Lipinski definition) is 5. The molecule has 5 heteroatoms. The zero-order valence-electron chi connectivity index (χ0n) is 11.1. The predicted octanol–water partition coefficient (Wildman–Crippen LogP) is 3.64. The van der Waals surface area contributed by atoms with Gasteiger partial charge in [-0.15, -0.1) is 0 Å². The van der Waals surface area contributed by atoms with E-state index in [2.05, 4.69) is 9.97 Å². The van der Waals surface area contributed by atoms with Crippen molar-refractivity contribution < 1.29 is 9.47 Å².